The Labute approximate surface area is 167 Å². The molecular weight excluding hydrogens is 338 g/mol. The number of nitrogens with zero attached hydrogens (tertiary/aromatic N) is 1. The van der Waals surface area contributed by atoms with E-state index in [1.165, 1.54) is 22.4 Å². The topological polar surface area (TPSA) is 3.24 Å². The number of hydrogen-bond acceptors (Lipinski definition) is 1. The third-order valence-corrected chi connectivity index (χ3v) is 5.17. The molecule has 28 heavy (non-hydrogen) atoms. The van der Waals surface area contributed by atoms with Crippen molar-refractivity contribution >= 4 is 11.4 Å². The molecule has 0 aliphatic rings. The van der Waals surface area contributed by atoms with Gasteiger partial charge in [-0.15, -0.1) is 0 Å². The first-order valence-electron chi connectivity index (χ1n) is 9.53. The van der Waals surface area contributed by atoms with E-state index in [1.807, 2.05) is 6.07 Å². The fourth-order valence-corrected chi connectivity index (χ4v) is 3.54. The molecule has 136 valence electrons. The van der Waals surface area contributed by atoms with Gasteiger partial charge in [0.1, 0.15) is 0 Å². The predicted octanol–water partition coefficient (Wildman–Crippen LogP) is 7.01. The molecule has 0 aliphatic carbocycles. The Balaban J connectivity index is 1.77. The van der Waals surface area contributed by atoms with Crippen LogP contribution in [0.5, 0.6) is 0 Å². The molecule has 0 heterocycles. The third kappa shape index (κ3) is 3.50. The largest absolute Gasteiger partial charge is 0.344 e. The number of benzene rings is 3. The number of hydrogen-bond donors (Lipinski definition) is 0. The molecule has 0 aromatic heterocycles. The first kappa shape index (κ1) is 17.9. The van der Waals surface area contributed by atoms with Crippen molar-refractivity contribution in [1.29, 1.82) is 0 Å². The number of anilines is 2. The second-order valence-corrected chi connectivity index (χ2v) is 7.11. The third-order valence-electron chi connectivity index (χ3n) is 5.17. The summed E-state index contributed by atoms with van der Waals surface area (Å²) < 4.78 is 0. The zero-order chi connectivity index (χ0) is 19.5. The van der Waals surface area contributed by atoms with Crippen LogP contribution in [0.3, 0.4) is 0 Å². The molecule has 0 saturated carbocycles. The minimum atomic E-state index is 1.06. The summed E-state index contributed by atoms with van der Waals surface area (Å²) >= 11 is 0. The van der Waals surface area contributed by atoms with Crippen molar-refractivity contribution in [3.63, 3.8) is 0 Å². The summed E-state index contributed by atoms with van der Waals surface area (Å²) in [5.41, 5.74) is 9.34. The molecule has 0 amide bonds. The Morgan fingerprint density at radius 2 is 1.25 bits per heavy atom. The lowest BCUT2D eigenvalue weighted by atomic mass is 10.0. The average Bonchev–Trinajstić information content (AvgIpc) is 2.75. The molecule has 0 spiro atoms. The Morgan fingerprint density at radius 3 is 1.93 bits per heavy atom. The summed E-state index contributed by atoms with van der Waals surface area (Å²) in [6.45, 7) is 4.25. The second-order valence-electron chi connectivity index (χ2n) is 7.11. The van der Waals surface area contributed by atoms with Crippen molar-refractivity contribution < 1.29 is 0 Å². The van der Waals surface area contributed by atoms with Crippen LogP contribution in [0.25, 0.3) is 22.3 Å². The molecule has 4 rings (SSSR count). The summed E-state index contributed by atoms with van der Waals surface area (Å²) in [5, 5.41) is 0. The van der Waals surface area contributed by atoms with Crippen LogP contribution in [-0.4, -0.2) is 7.05 Å². The lowest BCUT2D eigenvalue weighted by Gasteiger charge is -2.24. The number of rotatable bonds is 4. The van der Waals surface area contributed by atoms with Gasteiger partial charge in [0.2, 0.25) is 0 Å². The van der Waals surface area contributed by atoms with Crippen LogP contribution < -0.4 is 4.90 Å². The van der Waals surface area contributed by atoms with Crippen LogP contribution in [0.4, 0.5) is 11.4 Å². The molecule has 0 radical (unpaired) electrons. The SMILES string of the molecule is Cc1c#cc(-c2ccccc2)cc1N(C)c1cc(-c2ccccc2)ccc1C. The molecule has 1 heteroatoms. The molecule has 0 fully saturated rings. The van der Waals surface area contributed by atoms with Crippen molar-refractivity contribution in [1.82, 2.24) is 0 Å². The highest BCUT2D eigenvalue weighted by Gasteiger charge is 2.12. The smallest absolute Gasteiger partial charge is 0.0535 e. The molecule has 4 aromatic rings. The molecule has 4 aromatic carbocycles. The summed E-state index contributed by atoms with van der Waals surface area (Å²) in [4.78, 5) is 2.26. The molecular formula is C27H23N. The number of aryl methyl sites for hydroxylation is 1. The molecule has 0 bridgehead atoms. The minimum Gasteiger partial charge on any atom is -0.344 e. The Hall–Kier alpha value is -3.50. The van der Waals surface area contributed by atoms with Crippen LogP contribution in [0.1, 0.15) is 11.1 Å². The molecule has 1 nitrogen and oxygen atoms in total. The van der Waals surface area contributed by atoms with Crippen molar-refractivity contribution in [3.05, 3.63) is 108 Å². The van der Waals surface area contributed by atoms with Crippen LogP contribution in [0.2, 0.25) is 0 Å². The summed E-state index contributed by atoms with van der Waals surface area (Å²) in [5.74, 6) is 0. The zero-order valence-corrected chi connectivity index (χ0v) is 16.5. The fraction of sp³-hybridized carbons (Fsp3) is 0.111. The van der Waals surface area contributed by atoms with E-state index in [2.05, 4.69) is 117 Å². The van der Waals surface area contributed by atoms with Crippen molar-refractivity contribution in [2.45, 2.75) is 13.8 Å². The predicted molar refractivity (Wildman–Crippen MR) is 119 cm³/mol. The highest BCUT2D eigenvalue weighted by Crippen LogP contribution is 2.34. The highest BCUT2D eigenvalue weighted by atomic mass is 15.1. The van der Waals surface area contributed by atoms with Gasteiger partial charge in [-0.05, 0) is 48.2 Å². The van der Waals surface area contributed by atoms with Gasteiger partial charge in [-0.3, -0.25) is 0 Å². The Kier molecular flexibility index (Phi) is 4.87. The van der Waals surface area contributed by atoms with E-state index < -0.39 is 0 Å². The van der Waals surface area contributed by atoms with E-state index in [0.717, 1.165) is 22.4 Å². The summed E-state index contributed by atoms with van der Waals surface area (Å²) in [6, 6.07) is 36.4. The highest BCUT2D eigenvalue weighted by molar-refractivity contribution is 5.77. The van der Waals surface area contributed by atoms with Gasteiger partial charge in [0, 0.05) is 23.9 Å². The van der Waals surface area contributed by atoms with E-state index in [1.54, 1.807) is 0 Å². The van der Waals surface area contributed by atoms with Crippen molar-refractivity contribution in [3.8, 4) is 22.3 Å². The van der Waals surface area contributed by atoms with Gasteiger partial charge in [-0.25, -0.2) is 0 Å². The van der Waals surface area contributed by atoms with Crippen molar-refractivity contribution in [2.75, 3.05) is 11.9 Å². The van der Waals surface area contributed by atoms with Gasteiger partial charge >= 0.3 is 0 Å². The second kappa shape index (κ2) is 7.62. The molecule has 0 unspecified atom stereocenters. The van der Waals surface area contributed by atoms with E-state index in [0.29, 0.717) is 0 Å². The maximum absolute atomic E-state index is 3.32. The monoisotopic (exact) mass is 361 g/mol. The Morgan fingerprint density at radius 1 is 0.607 bits per heavy atom. The average molecular weight is 361 g/mol. The van der Waals surface area contributed by atoms with E-state index in [-0.39, 0.29) is 0 Å². The van der Waals surface area contributed by atoms with Gasteiger partial charge < -0.3 is 4.90 Å². The molecule has 0 aliphatic heterocycles. The van der Waals surface area contributed by atoms with Gasteiger partial charge in [0.25, 0.3) is 0 Å². The molecule has 0 saturated heterocycles. The maximum atomic E-state index is 3.32. The van der Waals surface area contributed by atoms with E-state index >= 15 is 0 Å². The molecule has 0 atom stereocenters. The summed E-state index contributed by atoms with van der Waals surface area (Å²) in [7, 11) is 2.13. The first-order chi connectivity index (χ1) is 13.6. The summed E-state index contributed by atoms with van der Waals surface area (Å²) in [6.07, 6.45) is 0. The van der Waals surface area contributed by atoms with Gasteiger partial charge in [0.05, 0.1) is 5.69 Å². The lowest BCUT2D eigenvalue weighted by Crippen LogP contribution is -2.12. The van der Waals surface area contributed by atoms with Gasteiger partial charge in [0.15, 0.2) is 0 Å². The first-order valence-corrected chi connectivity index (χ1v) is 9.53. The van der Waals surface area contributed by atoms with Crippen molar-refractivity contribution in [2.24, 2.45) is 0 Å². The Bertz CT molecular complexity index is 993. The van der Waals surface area contributed by atoms with E-state index in [9.17, 15) is 0 Å². The van der Waals surface area contributed by atoms with E-state index in [4.69, 9.17) is 0 Å². The minimum absolute atomic E-state index is 1.06. The zero-order valence-electron chi connectivity index (χ0n) is 16.5. The quantitative estimate of drug-likeness (QED) is 0.378. The van der Waals surface area contributed by atoms with Gasteiger partial charge in [-0.2, -0.15) is 0 Å². The maximum Gasteiger partial charge on any atom is 0.0535 e. The van der Waals surface area contributed by atoms with Gasteiger partial charge in [-0.1, -0.05) is 84.9 Å². The lowest BCUT2D eigenvalue weighted by molar-refractivity contribution is 1.17. The molecule has 0 N–H and O–H groups in total. The van der Waals surface area contributed by atoms with Crippen LogP contribution >= 0.6 is 0 Å². The normalized spacial score (nSPS) is 10.4. The van der Waals surface area contributed by atoms with Crippen LogP contribution in [-0.2, 0) is 0 Å². The van der Waals surface area contributed by atoms with Crippen LogP contribution in [0.15, 0.2) is 84.9 Å². The fourth-order valence-electron chi connectivity index (χ4n) is 3.54. The van der Waals surface area contributed by atoms with Crippen LogP contribution in [0, 0.1) is 26.0 Å². The standard InChI is InChI=1S/C27H23N/c1-20-14-16-24(22-10-6-4-7-11-22)18-26(20)28(3)27-19-25(17-15-21(27)2)23-12-8-5-9-13-23/h4-14,16,18-19H,1-3H3.